The molecule has 1 fully saturated rings. The Labute approximate surface area is 118 Å². The van der Waals surface area contributed by atoms with Gasteiger partial charge in [-0.05, 0) is 11.6 Å². The number of hydrogen-bond acceptors (Lipinski definition) is 3. The number of carbonyl (C=O) groups is 1. The standard InChI is InChI=1S/C16H18N2O2/c19-15(7-6-14-4-2-1-3-5-14)18-12-9-16(10-13-18)8-11-17-20-16/h1-7,11H,8-10,12-13H2. The van der Waals surface area contributed by atoms with Crippen LogP contribution in [0.4, 0.5) is 0 Å². The second-order valence-corrected chi connectivity index (χ2v) is 5.34. The molecule has 0 atom stereocenters. The van der Waals surface area contributed by atoms with Crippen LogP contribution < -0.4 is 0 Å². The van der Waals surface area contributed by atoms with Gasteiger partial charge in [-0.15, -0.1) is 0 Å². The van der Waals surface area contributed by atoms with Crippen molar-refractivity contribution in [3.8, 4) is 0 Å². The van der Waals surface area contributed by atoms with E-state index >= 15 is 0 Å². The lowest BCUT2D eigenvalue weighted by molar-refractivity contribution is -0.131. The smallest absolute Gasteiger partial charge is 0.246 e. The lowest BCUT2D eigenvalue weighted by Crippen LogP contribution is -2.46. The van der Waals surface area contributed by atoms with Gasteiger partial charge in [0, 0.05) is 44.6 Å². The van der Waals surface area contributed by atoms with Crippen molar-refractivity contribution in [3.05, 3.63) is 42.0 Å². The number of nitrogens with zero attached hydrogens (tertiary/aromatic N) is 2. The molecule has 1 amide bonds. The summed E-state index contributed by atoms with van der Waals surface area (Å²) in [5.74, 6) is 0.0719. The minimum absolute atomic E-state index is 0.0719. The molecular formula is C16H18N2O2. The van der Waals surface area contributed by atoms with E-state index in [-0.39, 0.29) is 11.5 Å². The molecule has 3 rings (SSSR count). The number of amides is 1. The minimum Gasteiger partial charge on any atom is -0.389 e. The molecule has 1 spiro atoms. The Morgan fingerprint density at radius 2 is 2.00 bits per heavy atom. The van der Waals surface area contributed by atoms with Crippen molar-refractivity contribution in [1.29, 1.82) is 0 Å². The first-order valence-corrected chi connectivity index (χ1v) is 7.00. The third-order valence-corrected chi connectivity index (χ3v) is 3.99. The van der Waals surface area contributed by atoms with Crippen LogP contribution in [0.5, 0.6) is 0 Å². The van der Waals surface area contributed by atoms with Gasteiger partial charge in [0.2, 0.25) is 5.91 Å². The number of piperidine rings is 1. The van der Waals surface area contributed by atoms with Gasteiger partial charge < -0.3 is 9.74 Å². The van der Waals surface area contributed by atoms with Crippen LogP contribution in [-0.2, 0) is 9.63 Å². The molecule has 2 heterocycles. The summed E-state index contributed by atoms with van der Waals surface area (Å²) in [6.45, 7) is 1.47. The van der Waals surface area contributed by atoms with E-state index in [1.165, 1.54) is 0 Å². The average Bonchev–Trinajstić information content (AvgIpc) is 2.95. The van der Waals surface area contributed by atoms with Crippen molar-refractivity contribution in [2.45, 2.75) is 24.9 Å². The van der Waals surface area contributed by atoms with Gasteiger partial charge in [0.05, 0.1) is 0 Å². The molecule has 0 unspecified atom stereocenters. The lowest BCUT2D eigenvalue weighted by Gasteiger charge is -2.36. The highest BCUT2D eigenvalue weighted by Crippen LogP contribution is 2.32. The van der Waals surface area contributed by atoms with Crippen LogP contribution in [-0.4, -0.2) is 35.7 Å². The van der Waals surface area contributed by atoms with Gasteiger partial charge in [0.15, 0.2) is 0 Å². The maximum atomic E-state index is 12.1. The molecule has 2 aliphatic rings. The monoisotopic (exact) mass is 270 g/mol. The minimum atomic E-state index is -0.139. The second-order valence-electron chi connectivity index (χ2n) is 5.34. The molecule has 0 radical (unpaired) electrons. The molecule has 1 saturated heterocycles. The van der Waals surface area contributed by atoms with Crippen LogP contribution in [0.2, 0.25) is 0 Å². The molecule has 1 aromatic rings. The van der Waals surface area contributed by atoms with E-state index in [2.05, 4.69) is 5.16 Å². The van der Waals surface area contributed by atoms with Crippen LogP contribution in [0.1, 0.15) is 24.8 Å². The summed E-state index contributed by atoms with van der Waals surface area (Å²) in [6.07, 6.45) is 7.93. The summed E-state index contributed by atoms with van der Waals surface area (Å²) >= 11 is 0. The Balaban J connectivity index is 1.55. The van der Waals surface area contributed by atoms with Gasteiger partial charge in [-0.25, -0.2) is 0 Å². The number of likely N-dealkylation sites (tertiary alicyclic amines) is 1. The van der Waals surface area contributed by atoms with Crippen molar-refractivity contribution in [2.75, 3.05) is 13.1 Å². The Hall–Kier alpha value is -2.10. The Kier molecular flexibility index (Phi) is 3.54. The number of benzene rings is 1. The maximum absolute atomic E-state index is 12.1. The van der Waals surface area contributed by atoms with E-state index in [1.54, 1.807) is 6.08 Å². The van der Waals surface area contributed by atoms with Crippen LogP contribution in [0, 0.1) is 0 Å². The quantitative estimate of drug-likeness (QED) is 0.775. The summed E-state index contributed by atoms with van der Waals surface area (Å²) < 4.78 is 0. The van der Waals surface area contributed by atoms with E-state index in [0.29, 0.717) is 0 Å². The molecule has 0 saturated carbocycles. The van der Waals surface area contributed by atoms with Gasteiger partial charge in [-0.2, -0.15) is 0 Å². The summed E-state index contributed by atoms with van der Waals surface area (Å²) in [5.41, 5.74) is 0.904. The molecule has 4 heteroatoms. The first-order chi connectivity index (χ1) is 9.77. The molecule has 0 aromatic heterocycles. The summed E-state index contributed by atoms with van der Waals surface area (Å²) in [4.78, 5) is 19.5. The van der Waals surface area contributed by atoms with Crippen LogP contribution in [0.15, 0.2) is 41.6 Å². The molecule has 2 aliphatic heterocycles. The number of rotatable bonds is 2. The number of oxime groups is 1. The molecule has 1 aromatic carbocycles. The van der Waals surface area contributed by atoms with E-state index < -0.39 is 0 Å². The van der Waals surface area contributed by atoms with Crippen molar-refractivity contribution in [1.82, 2.24) is 4.90 Å². The van der Waals surface area contributed by atoms with Gasteiger partial charge in [-0.1, -0.05) is 35.5 Å². The number of carbonyl (C=O) groups excluding carboxylic acids is 1. The fourth-order valence-electron chi connectivity index (χ4n) is 2.66. The Morgan fingerprint density at radius 3 is 2.65 bits per heavy atom. The summed E-state index contributed by atoms with van der Waals surface area (Å²) in [6, 6.07) is 9.86. The Bertz CT molecular complexity index is 519. The maximum Gasteiger partial charge on any atom is 0.246 e. The zero-order valence-corrected chi connectivity index (χ0v) is 11.4. The third-order valence-electron chi connectivity index (χ3n) is 3.99. The fraction of sp³-hybridized carbons (Fsp3) is 0.375. The zero-order chi connectivity index (χ0) is 13.8. The summed E-state index contributed by atoms with van der Waals surface area (Å²) in [5, 5.41) is 3.86. The number of hydrogen-bond donors (Lipinski definition) is 0. The van der Waals surface area contributed by atoms with Gasteiger partial charge in [0.25, 0.3) is 0 Å². The van der Waals surface area contributed by atoms with E-state index in [9.17, 15) is 4.79 Å². The van der Waals surface area contributed by atoms with Crippen LogP contribution >= 0.6 is 0 Å². The average molecular weight is 270 g/mol. The highest BCUT2D eigenvalue weighted by atomic mass is 16.7. The predicted octanol–water partition coefficient (Wildman–Crippen LogP) is 2.47. The van der Waals surface area contributed by atoms with Gasteiger partial charge >= 0.3 is 0 Å². The van der Waals surface area contributed by atoms with Gasteiger partial charge in [-0.3, -0.25) is 4.79 Å². The van der Waals surface area contributed by atoms with Crippen molar-refractivity contribution in [3.63, 3.8) is 0 Å². The zero-order valence-electron chi connectivity index (χ0n) is 11.4. The fourth-order valence-corrected chi connectivity index (χ4v) is 2.66. The molecule has 4 nitrogen and oxygen atoms in total. The van der Waals surface area contributed by atoms with Crippen LogP contribution in [0.3, 0.4) is 0 Å². The van der Waals surface area contributed by atoms with E-state index in [4.69, 9.17) is 4.84 Å². The van der Waals surface area contributed by atoms with Gasteiger partial charge in [0.1, 0.15) is 5.60 Å². The van der Waals surface area contributed by atoms with E-state index in [1.807, 2.05) is 47.5 Å². The third kappa shape index (κ3) is 2.74. The van der Waals surface area contributed by atoms with Crippen LogP contribution in [0.25, 0.3) is 6.08 Å². The first kappa shape index (κ1) is 12.9. The van der Waals surface area contributed by atoms with Crippen molar-refractivity contribution < 1.29 is 9.63 Å². The largest absolute Gasteiger partial charge is 0.389 e. The highest BCUT2D eigenvalue weighted by Gasteiger charge is 2.39. The first-order valence-electron chi connectivity index (χ1n) is 7.00. The molecule has 104 valence electrons. The summed E-state index contributed by atoms with van der Waals surface area (Å²) in [7, 11) is 0. The topological polar surface area (TPSA) is 41.9 Å². The SMILES string of the molecule is O=C(C=Cc1ccccc1)N1CCC2(CC=NO2)CC1. The highest BCUT2D eigenvalue weighted by molar-refractivity contribution is 5.91. The van der Waals surface area contributed by atoms with E-state index in [0.717, 1.165) is 37.9 Å². The molecule has 0 N–H and O–H groups in total. The normalized spacial score (nSPS) is 20.5. The molecule has 0 aliphatic carbocycles. The molecule has 20 heavy (non-hydrogen) atoms. The molecule has 0 bridgehead atoms. The van der Waals surface area contributed by atoms with Crippen molar-refractivity contribution in [2.24, 2.45) is 5.16 Å². The second kappa shape index (κ2) is 5.49. The lowest BCUT2D eigenvalue weighted by atomic mass is 9.89. The predicted molar refractivity (Wildman–Crippen MR) is 78.2 cm³/mol. The van der Waals surface area contributed by atoms with Crippen molar-refractivity contribution >= 4 is 18.2 Å². The molecular weight excluding hydrogens is 252 g/mol. The Morgan fingerprint density at radius 1 is 1.25 bits per heavy atom.